The van der Waals surface area contributed by atoms with Crippen molar-refractivity contribution in [2.45, 2.75) is 31.6 Å². The number of hydrogen-bond acceptors (Lipinski definition) is 4. The zero-order valence-corrected chi connectivity index (χ0v) is 15.7. The van der Waals surface area contributed by atoms with Crippen LogP contribution < -0.4 is 10.1 Å². The van der Waals surface area contributed by atoms with Crippen molar-refractivity contribution in [1.82, 2.24) is 10.3 Å². The maximum atomic E-state index is 12.7. The number of carbonyl (C=O) groups excluding carboxylic acids is 1. The number of morpholine rings is 1. The Bertz CT molecular complexity index is 951. The number of amides is 1. The number of nitrogens with one attached hydrogen (secondary N) is 2. The van der Waals surface area contributed by atoms with Crippen LogP contribution in [-0.4, -0.2) is 35.3 Å². The summed E-state index contributed by atoms with van der Waals surface area (Å²) in [5, 5.41) is 13.6. The standard InChI is InChI=1S/C22H24N2O4/c1-2-11-27-15-9-7-14(8-10-15)20-19(13-25)24-22(26)21(28-20)17-12-23-18-6-4-3-5-16(17)18/h3-10,12,19-21,23,25H,2,11,13H2,1H3,(H,24,26). The summed E-state index contributed by atoms with van der Waals surface area (Å²) in [5.41, 5.74) is 2.62. The number of aromatic nitrogens is 1. The van der Waals surface area contributed by atoms with E-state index in [1.807, 2.05) is 54.7 Å². The largest absolute Gasteiger partial charge is 0.494 e. The minimum atomic E-state index is -0.750. The lowest BCUT2D eigenvalue weighted by atomic mass is 9.97. The molecular formula is C22H24N2O4. The van der Waals surface area contributed by atoms with Crippen LogP contribution in [-0.2, 0) is 9.53 Å². The molecule has 3 atom stereocenters. The minimum absolute atomic E-state index is 0.203. The number of aliphatic hydroxyl groups excluding tert-OH is 1. The topological polar surface area (TPSA) is 83.6 Å². The van der Waals surface area contributed by atoms with Gasteiger partial charge in [-0.25, -0.2) is 0 Å². The maximum Gasteiger partial charge on any atom is 0.254 e. The molecule has 0 aliphatic carbocycles. The van der Waals surface area contributed by atoms with Gasteiger partial charge in [-0.15, -0.1) is 0 Å². The fourth-order valence-electron chi connectivity index (χ4n) is 3.59. The van der Waals surface area contributed by atoms with Crippen LogP contribution in [0.1, 0.15) is 36.7 Å². The third-order valence-corrected chi connectivity index (χ3v) is 5.00. The van der Waals surface area contributed by atoms with Crippen molar-refractivity contribution in [3.05, 3.63) is 65.9 Å². The lowest BCUT2D eigenvalue weighted by molar-refractivity contribution is -0.152. The molecule has 1 fully saturated rings. The summed E-state index contributed by atoms with van der Waals surface area (Å²) in [6, 6.07) is 14.9. The highest BCUT2D eigenvalue weighted by atomic mass is 16.5. The molecule has 2 aromatic carbocycles. The van der Waals surface area contributed by atoms with Crippen molar-refractivity contribution < 1.29 is 19.4 Å². The van der Waals surface area contributed by atoms with E-state index in [4.69, 9.17) is 9.47 Å². The van der Waals surface area contributed by atoms with Gasteiger partial charge in [0.15, 0.2) is 6.10 Å². The number of aromatic amines is 1. The van der Waals surface area contributed by atoms with Gasteiger partial charge in [0.05, 0.1) is 19.3 Å². The molecule has 0 radical (unpaired) electrons. The molecular weight excluding hydrogens is 356 g/mol. The number of aliphatic hydroxyl groups is 1. The van der Waals surface area contributed by atoms with Crippen molar-refractivity contribution in [2.75, 3.05) is 13.2 Å². The summed E-state index contributed by atoms with van der Waals surface area (Å²) >= 11 is 0. The minimum Gasteiger partial charge on any atom is -0.494 e. The molecule has 1 saturated heterocycles. The average molecular weight is 380 g/mol. The summed E-state index contributed by atoms with van der Waals surface area (Å²) < 4.78 is 11.9. The van der Waals surface area contributed by atoms with Gasteiger partial charge < -0.3 is 24.9 Å². The Kier molecular flexibility index (Phi) is 5.32. The summed E-state index contributed by atoms with van der Waals surface area (Å²) in [6.45, 7) is 2.52. The first kappa shape index (κ1) is 18.5. The lowest BCUT2D eigenvalue weighted by Gasteiger charge is -2.36. The van der Waals surface area contributed by atoms with E-state index in [0.717, 1.165) is 34.2 Å². The molecule has 146 valence electrons. The zero-order valence-electron chi connectivity index (χ0n) is 15.7. The molecule has 0 bridgehead atoms. The summed E-state index contributed by atoms with van der Waals surface area (Å²) in [5.74, 6) is 0.544. The molecule has 1 aliphatic rings. The molecule has 0 spiro atoms. The summed E-state index contributed by atoms with van der Waals surface area (Å²) in [7, 11) is 0. The van der Waals surface area contributed by atoms with Crippen LogP contribution in [0.25, 0.3) is 10.9 Å². The molecule has 1 aliphatic heterocycles. The van der Waals surface area contributed by atoms with Crippen LogP contribution in [0.2, 0.25) is 0 Å². The highest BCUT2D eigenvalue weighted by molar-refractivity contribution is 5.91. The predicted octanol–water partition coefficient (Wildman–Crippen LogP) is 3.25. The SMILES string of the molecule is CCCOc1ccc(C2OC(c3c[nH]c4ccccc34)C(=O)NC2CO)cc1. The highest BCUT2D eigenvalue weighted by Crippen LogP contribution is 2.36. The van der Waals surface area contributed by atoms with Gasteiger partial charge in [-0.05, 0) is 30.2 Å². The smallest absolute Gasteiger partial charge is 0.254 e. The van der Waals surface area contributed by atoms with Gasteiger partial charge in [0.25, 0.3) is 5.91 Å². The zero-order chi connectivity index (χ0) is 19.5. The number of hydrogen-bond donors (Lipinski definition) is 3. The average Bonchev–Trinajstić information content (AvgIpc) is 3.16. The molecule has 1 aromatic heterocycles. The Morgan fingerprint density at radius 2 is 1.93 bits per heavy atom. The second-order valence-corrected chi connectivity index (χ2v) is 6.94. The lowest BCUT2D eigenvalue weighted by Crippen LogP contribution is -2.50. The van der Waals surface area contributed by atoms with Crippen molar-refractivity contribution >= 4 is 16.8 Å². The Morgan fingerprint density at radius 1 is 1.14 bits per heavy atom. The van der Waals surface area contributed by atoms with Gasteiger partial charge in [0.1, 0.15) is 11.9 Å². The van der Waals surface area contributed by atoms with E-state index >= 15 is 0 Å². The van der Waals surface area contributed by atoms with Crippen molar-refractivity contribution in [3.8, 4) is 5.75 Å². The van der Waals surface area contributed by atoms with Crippen LogP contribution in [0.15, 0.2) is 54.7 Å². The Morgan fingerprint density at radius 3 is 2.68 bits per heavy atom. The van der Waals surface area contributed by atoms with E-state index in [2.05, 4.69) is 17.2 Å². The molecule has 3 N–H and O–H groups in total. The normalized spacial score (nSPS) is 22.2. The molecule has 2 heterocycles. The fraction of sp³-hybridized carbons (Fsp3) is 0.318. The van der Waals surface area contributed by atoms with Gasteiger partial charge in [-0.2, -0.15) is 0 Å². The highest BCUT2D eigenvalue weighted by Gasteiger charge is 2.38. The van der Waals surface area contributed by atoms with E-state index in [-0.39, 0.29) is 12.5 Å². The number of H-pyrrole nitrogens is 1. The van der Waals surface area contributed by atoms with Gasteiger partial charge >= 0.3 is 0 Å². The second-order valence-electron chi connectivity index (χ2n) is 6.94. The van der Waals surface area contributed by atoms with Crippen molar-refractivity contribution in [2.24, 2.45) is 0 Å². The molecule has 0 saturated carbocycles. The van der Waals surface area contributed by atoms with E-state index in [9.17, 15) is 9.90 Å². The first-order valence-corrected chi connectivity index (χ1v) is 9.56. The molecule has 3 aromatic rings. The predicted molar refractivity (Wildman–Crippen MR) is 106 cm³/mol. The van der Waals surface area contributed by atoms with Crippen LogP contribution >= 0.6 is 0 Å². The first-order chi connectivity index (χ1) is 13.7. The van der Waals surface area contributed by atoms with Gasteiger partial charge in [-0.1, -0.05) is 37.3 Å². The molecule has 4 rings (SSSR count). The third-order valence-electron chi connectivity index (χ3n) is 5.00. The molecule has 6 heteroatoms. The summed E-state index contributed by atoms with van der Waals surface area (Å²) in [6.07, 6.45) is 1.55. The van der Waals surface area contributed by atoms with Gasteiger partial charge in [0, 0.05) is 22.7 Å². The van der Waals surface area contributed by atoms with E-state index in [0.29, 0.717) is 6.61 Å². The third kappa shape index (κ3) is 3.48. The van der Waals surface area contributed by atoms with Gasteiger partial charge in [-0.3, -0.25) is 4.79 Å². The number of fused-ring (bicyclic) bond motifs is 1. The molecule has 28 heavy (non-hydrogen) atoms. The van der Waals surface area contributed by atoms with E-state index in [1.165, 1.54) is 0 Å². The van der Waals surface area contributed by atoms with Crippen LogP contribution in [0.5, 0.6) is 5.75 Å². The molecule has 6 nitrogen and oxygen atoms in total. The number of para-hydroxylation sites is 1. The fourth-order valence-corrected chi connectivity index (χ4v) is 3.59. The van der Waals surface area contributed by atoms with Crippen LogP contribution in [0, 0.1) is 0 Å². The molecule has 3 unspecified atom stereocenters. The number of ether oxygens (including phenoxy) is 2. The van der Waals surface area contributed by atoms with Gasteiger partial charge in [0.2, 0.25) is 0 Å². The van der Waals surface area contributed by atoms with Crippen LogP contribution in [0.4, 0.5) is 0 Å². The Labute approximate surface area is 163 Å². The van der Waals surface area contributed by atoms with E-state index in [1.54, 1.807) is 0 Å². The van der Waals surface area contributed by atoms with E-state index < -0.39 is 18.2 Å². The second kappa shape index (κ2) is 8.04. The summed E-state index contributed by atoms with van der Waals surface area (Å²) in [4.78, 5) is 15.9. The first-order valence-electron chi connectivity index (χ1n) is 9.56. The van der Waals surface area contributed by atoms with Crippen LogP contribution in [0.3, 0.4) is 0 Å². The number of carbonyl (C=O) groups is 1. The number of benzene rings is 2. The Hall–Kier alpha value is -2.83. The maximum absolute atomic E-state index is 12.7. The Balaban J connectivity index is 1.62. The molecule has 1 amide bonds. The monoisotopic (exact) mass is 380 g/mol. The van der Waals surface area contributed by atoms with Crippen molar-refractivity contribution in [3.63, 3.8) is 0 Å². The quantitative estimate of drug-likeness (QED) is 0.613. The van der Waals surface area contributed by atoms with Crippen molar-refractivity contribution in [1.29, 1.82) is 0 Å². The number of rotatable bonds is 6.